The lowest BCUT2D eigenvalue weighted by Crippen LogP contribution is -2.56. The maximum absolute atomic E-state index is 5.44. The van der Waals surface area contributed by atoms with E-state index in [0.717, 1.165) is 11.8 Å². The van der Waals surface area contributed by atoms with Crippen LogP contribution < -0.4 is 11.5 Å². The summed E-state index contributed by atoms with van der Waals surface area (Å²) in [7, 11) is 0. The summed E-state index contributed by atoms with van der Waals surface area (Å²) in [5.74, 6) is 2.53. The second-order valence-electron chi connectivity index (χ2n) is 5.58. The summed E-state index contributed by atoms with van der Waals surface area (Å²) in [4.78, 5) is 4.34. The van der Waals surface area contributed by atoms with Crippen molar-refractivity contribution in [1.82, 2.24) is 0 Å². The Bertz CT molecular complexity index is 266. The van der Waals surface area contributed by atoms with E-state index in [1.165, 1.54) is 12.8 Å². The van der Waals surface area contributed by atoms with Gasteiger partial charge in [0.05, 0.1) is 6.04 Å². The van der Waals surface area contributed by atoms with Crippen LogP contribution in [0, 0.1) is 23.2 Å². The highest BCUT2D eigenvalue weighted by Gasteiger charge is 2.56. The fourth-order valence-corrected chi connectivity index (χ4v) is 3.48. The molecule has 0 aromatic heterocycles. The van der Waals surface area contributed by atoms with E-state index >= 15 is 0 Å². The highest BCUT2D eigenvalue weighted by atomic mass is 15.0. The standard InChI is InChI=1S/C11H21N3/c1-6-8-4-7(11(8,2)3)5-9(6)14-10(12)13/h6-9H,4-5H2,1-3H3,(H4,12,13,14)/t6-,7-,8-,9-/m0/s1. The van der Waals surface area contributed by atoms with Crippen LogP contribution in [0.2, 0.25) is 0 Å². The van der Waals surface area contributed by atoms with E-state index in [2.05, 4.69) is 25.8 Å². The van der Waals surface area contributed by atoms with Crippen LogP contribution in [-0.2, 0) is 0 Å². The zero-order valence-electron chi connectivity index (χ0n) is 9.33. The molecule has 0 aliphatic heterocycles. The average Bonchev–Trinajstić information content (AvgIpc) is 2.06. The first-order valence-corrected chi connectivity index (χ1v) is 5.51. The SMILES string of the molecule is C[C@@H]1[C@@H](N=C(N)N)C[C@@H]2C[C@@H]1C2(C)C. The van der Waals surface area contributed by atoms with Gasteiger partial charge in [-0.1, -0.05) is 20.8 Å². The Kier molecular flexibility index (Phi) is 2.02. The molecule has 3 rings (SSSR count). The van der Waals surface area contributed by atoms with Crippen molar-refractivity contribution in [2.45, 2.75) is 39.7 Å². The van der Waals surface area contributed by atoms with E-state index in [4.69, 9.17) is 11.5 Å². The normalized spacial score (nSPS) is 43.9. The van der Waals surface area contributed by atoms with Gasteiger partial charge in [-0.05, 0) is 36.0 Å². The van der Waals surface area contributed by atoms with Gasteiger partial charge in [-0.3, -0.25) is 4.99 Å². The molecule has 3 nitrogen and oxygen atoms in total. The summed E-state index contributed by atoms with van der Waals surface area (Å²) in [6.07, 6.45) is 2.55. The molecule has 4 atom stereocenters. The first-order valence-electron chi connectivity index (χ1n) is 5.51. The number of aliphatic imine (C=N–C) groups is 1. The lowest BCUT2D eigenvalue weighted by molar-refractivity contribution is -0.108. The van der Waals surface area contributed by atoms with Crippen LogP contribution in [0.15, 0.2) is 4.99 Å². The van der Waals surface area contributed by atoms with Crippen molar-refractivity contribution >= 4 is 5.96 Å². The number of hydrogen-bond acceptors (Lipinski definition) is 1. The molecule has 3 fully saturated rings. The Balaban J connectivity index is 2.12. The molecular weight excluding hydrogens is 174 g/mol. The molecule has 0 heterocycles. The molecule has 0 radical (unpaired) electrons. The smallest absolute Gasteiger partial charge is 0.186 e. The number of nitrogens with zero attached hydrogens (tertiary/aromatic N) is 1. The van der Waals surface area contributed by atoms with E-state index in [9.17, 15) is 0 Å². The van der Waals surface area contributed by atoms with Crippen molar-refractivity contribution in [1.29, 1.82) is 0 Å². The second-order valence-corrected chi connectivity index (χ2v) is 5.58. The Morgan fingerprint density at radius 2 is 1.93 bits per heavy atom. The van der Waals surface area contributed by atoms with Crippen LogP contribution in [0.4, 0.5) is 0 Å². The largest absolute Gasteiger partial charge is 0.370 e. The van der Waals surface area contributed by atoms with Crippen LogP contribution in [0.3, 0.4) is 0 Å². The summed E-state index contributed by atoms with van der Waals surface area (Å²) in [6, 6.07) is 0.372. The van der Waals surface area contributed by atoms with E-state index in [-0.39, 0.29) is 5.96 Å². The minimum absolute atomic E-state index is 0.251. The number of guanidine groups is 1. The Morgan fingerprint density at radius 1 is 1.29 bits per heavy atom. The molecule has 3 aliphatic carbocycles. The van der Waals surface area contributed by atoms with E-state index < -0.39 is 0 Å². The summed E-state index contributed by atoms with van der Waals surface area (Å²) in [6.45, 7) is 7.06. The molecule has 0 aromatic carbocycles. The van der Waals surface area contributed by atoms with Gasteiger partial charge in [-0.15, -0.1) is 0 Å². The maximum atomic E-state index is 5.44. The first kappa shape index (κ1) is 9.81. The number of hydrogen-bond donors (Lipinski definition) is 2. The third-order valence-electron chi connectivity index (χ3n) is 4.63. The van der Waals surface area contributed by atoms with Gasteiger partial charge in [0.2, 0.25) is 0 Å². The average molecular weight is 195 g/mol. The molecule has 3 heteroatoms. The molecule has 80 valence electrons. The minimum Gasteiger partial charge on any atom is -0.370 e. The van der Waals surface area contributed by atoms with Crippen LogP contribution in [0.25, 0.3) is 0 Å². The number of fused-ring (bicyclic) bond motifs is 2. The van der Waals surface area contributed by atoms with Gasteiger partial charge in [0, 0.05) is 0 Å². The van der Waals surface area contributed by atoms with E-state index in [0.29, 0.717) is 17.4 Å². The van der Waals surface area contributed by atoms with Crippen LogP contribution in [-0.4, -0.2) is 12.0 Å². The van der Waals surface area contributed by atoms with Crippen LogP contribution in [0.5, 0.6) is 0 Å². The van der Waals surface area contributed by atoms with Gasteiger partial charge in [0.25, 0.3) is 0 Å². The number of rotatable bonds is 1. The van der Waals surface area contributed by atoms with Crippen molar-refractivity contribution in [2.24, 2.45) is 39.6 Å². The Hall–Kier alpha value is -0.730. The molecule has 0 amide bonds. The maximum Gasteiger partial charge on any atom is 0.186 e. The first-order chi connectivity index (χ1) is 6.43. The Morgan fingerprint density at radius 3 is 2.36 bits per heavy atom. The highest BCUT2D eigenvalue weighted by molar-refractivity contribution is 5.75. The van der Waals surface area contributed by atoms with Crippen molar-refractivity contribution in [3.05, 3.63) is 0 Å². The molecule has 0 saturated heterocycles. The molecule has 0 aromatic rings. The second kappa shape index (κ2) is 2.88. The third-order valence-corrected chi connectivity index (χ3v) is 4.63. The third kappa shape index (κ3) is 1.22. The van der Waals surface area contributed by atoms with E-state index in [1.807, 2.05) is 0 Å². The Labute approximate surface area is 86.0 Å². The topological polar surface area (TPSA) is 64.4 Å². The quantitative estimate of drug-likeness (QED) is 0.489. The van der Waals surface area contributed by atoms with Gasteiger partial charge < -0.3 is 11.5 Å². The zero-order chi connectivity index (χ0) is 10.5. The van der Waals surface area contributed by atoms with Crippen LogP contribution >= 0.6 is 0 Å². The fraction of sp³-hybridized carbons (Fsp3) is 0.909. The van der Waals surface area contributed by atoms with Gasteiger partial charge >= 0.3 is 0 Å². The summed E-state index contributed by atoms with van der Waals surface area (Å²) in [5, 5.41) is 0. The van der Waals surface area contributed by atoms with Gasteiger partial charge in [-0.25, -0.2) is 0 Å². The van der Waals surface area contributed by atoms with Crippen molar-refractivity contribution in [3.8, 4) is 0 Å². The lowest BCUT2D eigenvalue weighted by Gasteiger charge is -2.61. The summed E-state index contributed by atoms with van der Waals surface area (Å²) in [5.41, 5.74) is 11.4. The summed E-state index contributed by atoms with van der Waals surface area (Å²) < 4.78 is 0. The lowest BCUT2D eigenvalue weighted by atomic mass is 9.45. The van der Waals surface area contributed by atoms with Gasteiger partial charge in [-0.2, -0.15) is 0 Å². The molecule has 0 unspecified atom stereocenters. The van der Waals surface area contributed by atoms with Crippen LogP contribution in [0.1, 0.15) is 33.6 Å². The molecule has 2 bridgehead atoms. The fourth-order valence-electron chi connectivity index (χ4n) is 3.48. The molecule has 4 N–H and O–H groups in total. The van der Waals surface area contributed by atoms with Gasteiger partial charge in [0.15, 0.2) is 5.96 Å². The predicted octanol–water partition coefficient (Wildman–Crippen LogP) is 1.33. The monoisotopic (exact) mass is 195 g/mol. The predicted molar refractivity (Wildman–Crippen MR) is 58.8 cm³/mol. The van der Waals surface area contributed by atoms with Crippen molar-refractivity contribution in [2.75, 3.05) is 0 Å². The molecule has 3 aliphatic rings. The molecular formula is C11H21N3. The highest BCUT2D eigenvalue weighted by Crippen LogP contribution is 2.61. The number of nitrogens with two attached hydrogens (primary N) is 2. The molecule has 3 saturated carbocycles. The zero-order valence-corrected chi connectivity index (χ0v) is 9.33. The molecule has 14 heavy (non-hydrogen) atoms. The minimum atomic E-state index is 0.251. The summed E-state index contributed by atoms with van der Waals surface area (Å²) >= 11 is 0. The van der Waals surface area contributed by atoms with Gasteiger partial charge in [0.1, 0.15) is 0 Å². The van der Waals surface area contributed by atoms with E-state index in [1.54, 1.807) is 0 Å². The van der Waals surface area contributed by atoms with Crippen molar-refractivity contribution < 1.29 is 0 Å². The molecule has 0 spiro atoms. The van der Waals surface area contributed by atoms with Crippen molar-refractivity contribution in [3.63, 3.8) is 0 Å².